The molecule has 18 heavy (non-hydrogen) atoms. The van der Waals surface area contributed by atoms with Crippen molar-refractivity contribution in [2.45, 2.75) is 19.4 Å². The largest absolute Gasteiger partial charge is 0.364 e. The molecule has 0 spiro atoms. The number of benzene rings is 2. The molecule has 0 unspecified atom stereocenters. The number of hydrogen-bond acceptors (Lipinski definition) is 1. The predicted molar refractivity (Wildman–Crippen MR) is 76.8 cm³/mol. The molecule has 0 bridgehead atoms. The fraction of sp³-hybridized carbons (Fsp3) is 0.294. The Morgan fingerprint density at radius 1 is 0.944 bits per heavy atom. The lowest BCUT2D eigenvalue weighted by Crippen LogP contribution is -2.49. The Bertz CT molecular complexity index is 492. The van der Waals surface area contributed by atoms with Crippen LogP contribution in [0, 0.1) is 5.92 Å². The van der Waals surface area contributed by atoms with E-state index in [4.69, 9.17) is 0 Å². The van der Waals surface area contributed by atoms with Crippen molar-refractivity contribution in [2.75, 3.05) is 11.4 Å². The van der Waals surface area contributed by atoms with Crippen LogP contribution in [-0.2, 0) is 0 Å². The van der Waals surface area contributed by atoms with Gasteiger partial charge in [0.1, 0.15) is 0 Å². The van der Waals surface area contributed by atoms with Crippen LogP contribution in [-0.4, -0.2) is 6.54 Å². The third-order valence-corrected chi connectivity index (χ3v) is 3.97. The Balaban J connectivity index is 1.89. The zero-order valence-electron chi connectivity index (χ0n) is 10.8. The summed E-state index contributed by atoms with van der Waals surface area (Å²) in [4.78, 5) is 2.52. The molecule has 1 aliphatic rings. The summed E-state index contributed by atoms with van der Waals surface area (Å²) in [7, 11) is 0. The minimum absolute atomic E-state index is 0.554. The second-order valence-corrected chi connectivity index (χ2v) is 5.01. The van der Waals surface area contributed by atoms with E-state index in [1.807, 2.05) is 0 Å². The highest BCUT2D eigenvalue weighted by Crippen LogP contribution is 2.43. The van der Waals surface area contributed by atoms with E-state index >= 15 is 0 Å². The van der Waals surface area contributed by atoms with E-state index < -0.39 is 0 Å². The molecule has 0 aromatic heterocycles. The summed E-state index contributed by atoms with van der Waals surface area (Å²) in [6.07, 6.45) is 1.25. The second-order valence-electron chi connectivity index (χ2n) is 5.01. The minimum atomic E-state index is 0.554. The van der Waals surface area contributed by atoms with Crippen molar-refractivity contribution in [3.8, 4) is 0 Å². The summed E-state index contributed by atoms with van der Waals surface area (Å²) in [5.74, 6) is 0.785. The topological polar surface area (TPSA) is 3.24 Å². The van der Waals surface area contributed by atoms with Crippen molar-refractivity contribution in [2.24, 2.45) is 5.92 Å². The summed E-state index contributed by atoms with van der Waals surface area (Å²) in [6.45, 7) is 3.48. The minimum Gasteiger partial charge on any atom is -0.364 e. The number of para-hydroxylation sites is 1. The van der Waals surface area contributed by atoms with Gasteiger partial charge in [0, 0.05) is 18.2 Å². The maximum atomic E-state index is 2.52. The fourth-order valence-electron chi connectivity index (χ4n) is 2.92. The molecule has 2 aromatic carbocycles. The Labute approximate surface area is 109 Å². The van der Waals surface area contributed by atoms with Crippen molar-refractivity contribution in [1.29, 1.82) is 0 Å². The van der Waals surface area contributed by atoms with Crippen LogP contribution in [0.15, 0.2) is 60.7 Å². The summed E-state index contributed by atoms with van der Waals surface area (Å²) < 4.78 is 0. The highest BCUT2D eigenvalue weighted by Gasteiger charge is 2.38. The van der Waals surface area contributed by atoms with Gasteiger partial charge in [-0.25, -0.2) is 0 Å². The Kier molecular flexibility index (Phi) is 3.06. The molecule has 2 aromatic rings. The molecule has 2 atom stereocenters. The average Bonchev–Trinajstić information content (AvgIpc) is 2.41. The highest BCUT2D eigenvalue weighted by molar-refractivity contribution is 5.52. The zero-order chi connectivity index (χ0) is 12.4. The lowest BCUT2D eigenvalue weighted by molar-refractivity contribution is 0.289. The van der Waals surface area contributed by atoms with Gasteiger partial charge in [-0.05, 0) is 24.1 Å². The maximum Gasteiger partial charge on any atom is 0.0587 e. The van der Waals surface area contributed by atoms with Crippen molar-refractivity contribution >= 4 is 5.69 Å². The molecule has 0 amide bonds. The lowest BCUT2D eigenvalue weighted by atomic mass is 9.81. The third-order valence-electron chi connectivity index (χ3n) is 3.97. The molecular weight excluding hydrogens is 218 g/mol. The van der Waals surface area contributed by atoms with Crippen molar-refractivity contribution < 1.29 is 0 Å². The van der Waals surface area contributed by atoms with Crippen LogP contribution in [0.4, 0.5) is 5.69 Å². The molecule has 0 N–H and O–H groups in total. The monoisotopic (exact) mass is 237 g/mol. The standard InChI is InChI=1S/C17H19N/c1-2-14-13-18(16-11-7-4-8-12-16)17(14)15-9-5-3-6-10-15/h3-12,14,17H,2,13H2,1H3/t14-,17-/m1/s1. The number of anilines is 1. The second kappa shape index (κ2) is 4.85. The van der Waals surface area contributed by atoms with Gasteiger partial charge >= 0.3 is 0 Å². The number of rotatable bonds is 3. The van der Waals surface area contributed by atoms with Crippen LogP contribution in [0.3, 0.4) is 0 Å². The summed E-state index contributed by atoms with van der Waals surface area (Å²) >= 11 is 0. The van der Waals surface area contributed by atoms with Gasteiger partial charge in [0.15, 0.2) is 0 Å². The van der Waals surface area contributed by atoms with Crippen LogP contribution >= 0.6 is 0 Å². The van der Waals surface area contributed by atoms with E-state index in [1.165, 1.54) is 24.2 Å². The first-order chi connectivity index (χ1) is 8.90. The van der Waals surface area contributed by atoms with Gasteiger partial charge in [-0.1, -0.05) is 55.5 Å². The van der Waals surface area contributed by atoms with Gasteiger partial charge in [-0.2, -0.15) is 0 Å². The van der Waals surface area contributed by atoms with Gasteiger partial charge in [-0.3, -0.25) is 0 Å². The smallest absolute Gasteiger partial charge is 0.0587 e. The first-order valence-electron chi connectivity index (χ1n) is 6.77. The number of hydrogen-bond donors (Lipinski definition) is 0. The van der Waals surface area contributed by atoms with Crippen LogP contribution in [0.2, 0.25) is 0 Å². The van der Waals surface area contributed by atoms with Gasteiger partial charge < -0.3 is 4.90 Å². The lowest BCUT2D eigenvalue weighted by Gasteiger charge is -2.50. The molecule has 1 fully saturated rings. The molecule has 0 saturated carbocycles. The van der Waals surface area contributed by atoms with E-state index in [1.54, 1.807) is 0 Å². The first kappa shape index (κ1) is 11.3. The SMILES string of the molecule is CC[C@@H]1CN(c2ccccc2)[C@H]1c1ccccc1. The Hall–Kier alpha value is -1.76. The number of nitrogens with zero attached hydrogens (tertiary/aromatic N) is 1. The van der Waals surface area contributed by atoms with Crippen LogP contribution in [0.5, 0.6) is 0 Å². The fourth-order valence-corrected chi connectivity index (χ4v) is 2.92. The quantitative estimate of drug-likeness (QED) is 0.770. The third kappa shape index (κ3) is 1.90. The molecule has 1 saturated heterocycles. The van der Waals surface area contributed by atoms with E-state index in [2.05, 4.69) is 72.5 Å². The molecular formula is C17H19N. The Morgan fingerprint density at radius 2 is 1.56 bits per heavy atom. The van der Waals surface area contributed by atoms with E-state index in [-0.39, 0.29) is 0 Å². The van der Waals surface area contributed by atoms with E-state index in [0.717, 1.165) is 5.92 Å². The van der Waals surface area contributed by atoms with E-state index in [9.17, 15) is 0 Å². The summed E-state index contributed by atoms with van der Waals surface area (Å²) in [6, 6.07) is 22.2. The van der Waals surface area contributed by atoms with Crippen molar-refractivity contribution in [1.82, 2.24) is 0 Å². The van der Waals surface area contributed by atoms with Crippen molar-refractivity contribution in [3.05, 3.63) is 66.2 Å². The molecule has 1 nitrogen and oxygen atoms in total. The van der Waals surface area contributed by atoms with Crippen LogP contribution in [0.25, 0.3) is 0 Å². The van der Waals surface area contributed by atoms with Crippen LogP contribution in [0.1, 0.15) is 24.9 Å². The van der Waals surface area contributed by atoms with Gasteiger partial charge in [-0.15, -0.1) is 0 Å². The molecule has 0 aliphatic carbocycles. The van der Waals surface area contributed by atoms with Gasteiger partial charge in [0.2, 0.25) is 0 Å². The summed E-state index contributed by atoms with van der Waals surface area (Å²) in [5.41, 5.74) is 2.79. The maximum absolute atomic E-state index is 2.52. The molecule has 1 aliphatic heterocycles. The normalized spacial score (nSPS) is 22.6. The van der Waals surface area contributed by atoms with E-state index in [0.29, 0.717) is 6.04 Å². The zero-order valence-corrected chi connectivity index (χ0v) is 10.8. The molecule has 3 rings (SSSR count). The molecule has 1 heteroatoms. The van der Waals surface area contributed by atoms with Gasteiger partial charge in [0.25, 0.3) is 0 Å². The van der Waals surface area contributed by atoms with Crippen molar-refractivity contribution in [3.63, 3.8) is 0 Å². The first-order valence-corrected chi connectivity index (χ1v) is 6.77. The molecule has 92 valence electrons. The molecule has 0 radical (unpaired) electrons. The van der Waals surface area contributed by atoms with Crippen LogP contribution < -0.4 is 4.90 Å². The molecule has 1 heterocycles. The average molecular weight is 237 g/mol. The summed E-state index contributed by atoms with van der Waals surface area (Å²) in [5, 5.41) is 0. The van der Waals surface area contributed by atoms with Gasteiger partial charge in [0.05, 0.1) is 6.04 Å². The Morgan fingerprint density at radius 3 is 2.17 bits per heavy atom. The predicted octanol–water partition coefficient (Wildman–Crippen LogP) is 4.27. The highest BCUT2D eigenvalue weighted by atomic mass is 15.2.